The summed E-state index contributed by atoms with van der Waals surface area (Å²) in [4.78, 5) is 47.4. The minimum atomic E-state index is -0.684. The van der Waals surface area contributed by atoms with Crippen LogP contribution in [-0.2, 0) is 19.1 Å². The highest BCUT2D eigenvalue weighted by Gasteiger charge is 2.21. The first-order valence-electron chi connectivity index (χ1n) is 11.1. The summed E-state index contributed by atoms with van der Waals surface area (Å²) in [5.74, 6) is -0.538. The van der Waals surface area contributed by atoms with Gasteiger partial charge in [-0.25, -0.2) is 9.59 Å². The first-order valence-corrected chi connectivity index (χ1v) is 11.1. The van der Waals surface area contributed by atoms with E-state index in [0.29, 0.717) is 13.1 Å². The fourth-order valence-corrected chi connectivity index (χ4v) is 2.43. The number of carbonyl (C=O) groups is 4. The van der Waals surface area contributed by atoms with Gasteiger partial charge in [0.1, 0.15) is 23.3 Å². The van der Waals surface area contributed by atoms with Crippen LogP contribution < -0.4 is 21.3 Å². The minimum Gasteiger partial charge on any atom is -0.444 e. The molecule has 0 fully saturated rings. The molecule has 0 radical (unpaired) electrons. The molecule has 0 aliphatic heterocycles. The standard InChI is InChI=1S/C22H42N4O6/c1-15(25-19(29)31-21(3,4)5)17(27)23-13-11-9-10-12-14-24-18(28)16(2)26-20(30)32-22(6,7)8/h15-16H,9-14H2,1-8H3,(H,23,27)(H,24,28)(H,25,29)(H,26,30)/t15-,16-/m0/s1. The molecule has 0 saturated carbocycles. The first-order chi connectivity index (χ1) is 14.6. The average molecular weight is 459 g/mol. The molecule has 0 aliphatic rings. The number of unbranched alkanes of at least 4 members (excludes halogenated alkanes) is 3. The minimum absolute atomic E-state index is 0.269. The lowest BCUT2D eigenvalue weighted by Gasteiger charge is -2.21. The first kappa shape index (κ1) is 29.5. The number of hydrogen-bond donors (Lipinski definition) is 4. The summed E-state index contributed by atoms with van der Waals surface area (Å²) in [6.07, 6.45) is 2.09. The van der Waals surface area contributed by atoms with Crippen molar-refractivity contribution in [2.24, 2.45) is 0 Å². The highest BCUT2D eigenvalue weighted by atomic mass is 16.6. The maximum atomic E-state index is 12.0. The normalized spacial score (nSPS) is 13.4. The third kappa shape index (κ3) is 16.2. The molecule has 0 spiro atoms. The van der Waals surface area contributed by atoms with Gasteiger partial charge in [0.25, 0.3) is 0 Å². The molecular weight excluding hydrogens is 416 g/mol. The molecule has 0 aromatic heterocycles. The van der Waals surface area contributed by atoms with Crippen LogP contribution in [-0.4, -0.2) is 60.4 Å². The fraction of sp³-hybridized carbons (Fsp3) is 0.818. The summed E-state index contributed by atoms with van der Waals surface area (Å²) in [5.41, 5.74) is -1.24. The van der Waals surface area contributed by atoms with Crippen LogP contribution in [0, 0.1) is 0 Å². The van der Waals surface area contributed by atoms with Crippen LogP contribution in [0.25, 0.3) is 0 Å². The zero-order valence-electron chi connectivity index (χ0n) is 20.8. The zero-order chi connectivity index (χ0) is 24.9. The summed E-state index contributed by atoms with van der Waals surface area (Å²) in [5, 5.41) is 10.6. The van der Waals surface area contributed by atoms with Gasteiger partial charge < -0.3 is 30.7 Å². The second kappa shape index (κ2) is 13.8. The Bertz CT molecular complexity index is 571. The Hall–Kier alpha value is -2.52. The molecule has 2 atom stereocenters. The van der Waals surface area contributed by atoms with Gasteiger partial charge >= 0.3 is 12.2 Å². The molecule has 0 aromatic rings. The average Bonchev–Trinajstić information content (AvgIpc) is 2.59. The lowest BCUT2D eigenvalue weighted by Crippen LogP contribution is -2.46. The van der Waals surface area contributed by atoms with Crippen LogP contribution in [0.4, 0.5) is 9.59 Å². The van der Waals surface area contributed by atoms with Crippen molar-refractivity contribution in [3.63, 3.8) is 0 Å². The van der Waals surface area contributed by atoms with Crippen LogP contribution in [0.2, 0.25) is 0 Å². The Kier molecular flexibility index (Phi) is 12.7. The number of hydrogen-bond acceptors (Lipinski definition) is 6. The summed E-state index contributed by atoms with van der Waals surface area (Å²) >= 11 is 0. The third-order valence-corrected chi connectivity index (χ3v) is 3.96. The van der Waals surface area contributed by atoms with E-state index in [-0.39, 0.29) is 11.8 Å². The molecule has 0 unspecified atom stereocenters. The molecule has 0 bridgehead atoms. The maximum absolute atomic E-state index is 12.0. The number of carbonyl (C=O) groups excluding carboxylic acids is 4. The van der Waals surface area contributed by atoms with E-state index in [9.17, 15) is 19.2 Å². The van der Waals surface area contributed by atoms with Crippen molar-refractivity contribution in [2.45, 2.75) is 104 Å². The van der Waals surface area contributed by atoms with Crippen molar-refractivity contribution < 1.29 is 28.7 Å². The van der Waals surface area contributed by atoms with Crippen LogP contribution in [0.15, 0.2) is 0 Å². The van der Waals surface area contributed by atoms with Crippen molar-refractivity contribution in [3.05, 3.63) is 0 Å². The molecule has 0 aliphatic carbocycles. The fourth-order valence-electron chi connectivity index (χ4n) is 2.43. The van der Waals surface area contributed by atoms with Gasteiger partial charge in [0.05, 0.1) is 0 Å². The Labute approximate surface area is 191 Å². The van der Waals surface area contributed by atoms with Crippen molar-refractivity contribution in [2.75, 3.05) is 13.1 Å². The number of rotatable bonds is 11. The van der Waals surface area contributed by atoms with E-state index in [1.165, 1.54) is 0 Å². The van der Waals surface area contributed by atoms with E-state index in [2.05, 4.69) is 21.3 Å². The van der Waals surface area contributed by atoms with Gasteiger partial charge in [0, 0.05) is 13.1 Å². The smallest absolute Gasteiger partial charge is 0.408 e. The molecular formula is C22H42N4O6. The Morgan fingerprint density at radius 3 is 1.22 bits per heavy atom. The Morgan fingerprint density at radius 1 is 0.625 bits per heavy atom. The summed E-state index contributed by atoms with van der Waals surface area (Å²) in [7, 11) is 0. The monoisotopic (exact) mass is 458 g/mol. The molecule has 0 rings (SSSR count). The molecule has 4 N–H and O–H groups in total. The van der Waals surface area contributed by atoms with Gasteiger partial charge in [-0.05, 0) is 68.2 Å². The van der Waals surface area contributed by atoms with Crippen molar-refractivity contribution >= 4 is 24.0 Å². The number of nitrogens with one attached hydrogen (secondary N) is 4. The quantitative estimate of drug-likeness (QED) is 0.352. The molecule has 186 valence electrons. The van der Waals surface area contributed by atoms with E-state index in [1.807, 2.05) is 0 Å². The lowest BCUT2D eigenvalue weighted by atomic mass is 10.2. The van der Waals surface area contributed by atoms with Gasteiger partial charge in [0.15, 0.2) is 0 Å². The highest BCUT2D eigenvalue weighted by Crippen LogP contribution is 2.07. The van der Waals surface area contributed by atoms with Crippen molar-refractivity contribution in [1.29, 1.82) is 0 Å². The van der Waals surface area contributed by atoms with Crippen molar-refractivity contribution in [3.8, 4) is 0 Å². The zero-order valence-corrected chi connectivity index (χ0v) is 20.8. The van der Waals surface area contributed by atoms with Crippen LogP contribution in [0.1, 0.15) is 81.1 Å². The van der Waals surface area contributed by atoms with E-state index in [0.717, 1.165) is 25.7 Å². The molecule has 10 nitrogen and oxygen atoms in total. The topological polar surface area (TPSA) is 135 Å². The summed E-state index contributed by atoms with van der Waals surface area (Å²) in [6, 6.07) is -1.37. The van der Waals surface area contributed by atoms with Gasteiger partial charge in [-0.2, -0.15) is 0 Å². The van der Waals surface area contributed by atoms with E-state index in [1.54, 1.807) is 55.4 Å². The Balaban J connectivity index is 3.84. The molecule has 32 heavy (non-hydrogen) atoms. The second-order valence-electron chi connectivity index (χ2n) is 9.73. The van der Waals surface area contributed by atoms with Crippen LogP contribution in [0.3, 0.4) is 0 Å². The number of ether oxygens (including phenoxy) is 2. The number of alkyl carbamates (subject to hydrolysis) is 2. The van der Waals surface area contributed by atoms with Gasteiger partial charge in [0.2, 0.25) is 11.8 Å². The largest absolute Gasteiger partial charge is 0.444 e. The summed E-state index contributed by atoms with van der Waals surface area (Å²) < 4.78 is 10.2. The molecule has 4 amide bonds. The molecule has 0 aromatic carbocycles. The van der Waals surface area contributed by atoms with E-state index in [4.69, 9.17) is 9.47 Å². The van der Waals surface area contributed by atoms with E-state index >= 15 is 0 Å². The van der Waals surface area contributed by atoms with Gasteiger partial charge in [-0.3, -0.25) is 9.59 Å². The Morgan fingerprint density at radius 2 is 0.938 bits per heavy atom. The molecule has 0 saturated heterocycles. The second-order valence-corrected chi connectivity index (χ2v) is 9.73. The lowest BCUT2D eigenvalue weighted by molar-refractivity contribution is -0.123. The maximum Gasteiger partial charge on any atom is 0.408 e. The molecule has 0 heterocycles. The van der Waals surface area contributed by atoms with Gasteiger partial charge in [-0.15, -0.1) is 0 Å². The predicted molar refractivity (Wildman–Crippen MR) is 122 cm³/mol. The highest BCUT2D eigenvalue weighted by molar-refractivity contribution is 5.85. The molecule has 10 heteroatoms. The number of amides is 4. The third-order valence-electron chi connectivity index (χ3n) is 3.96. The van der Waals surface area contributed by atoms with Crippen LogP contribution >= 0.6 is 0 Å². The summed E-state index contributed by atoms with van der Waals surface area (Å²) in [6.45, 7) is 14.7. The predicted octanol–water partition coefficient (Wildman–Crippen LogP) is 2.61. The van der Waals surface area contributed by atoms with Gasteiger partial charge in [-0.1, -0.05) is 12.8 Å². The SMILES string of the molecule is C[C@H](NC(=O)OC(C)(C)C)C(=O)NCCCCCCNC(=O)[C@H](C)NC(=O)OC(C)(C)C. The van der Waals surface area contributed by atoms with Crippen molar-refractivity contribution in [1.82, 2.24) is 21.3 Å². The van der Waals surface area contributed by atoms with E-state index < -0.39 is 35.5 Å². The van der Waals surface area contributed by atoms with Crippen LogP contribution in [0.5, 0.6) is 0 Å².